The second-order valence-electron chi connectivity index (χ2n) is 5.90. The summed E-state index contributed by atoms with van der Waals surface area (Å²) >= 11 is 1.20. The topological polar surface area (TPSA) is 97.0 Å². The van der Waals surface area contributed by atoms with Crippen molar-refractivity contribution in [3.63, 3.8) is 0 Å². The summed E-state index contributed by atoms with van der Waals surface area (Å²) in [5.41, 5.74) is 1.97. The van der Waals surface area contributed by atoms with Gasteiger partial charge in [0.15, 0.2) is 0 Å². The lowest BCUT2D eigenvalue weighted by molar-refractivity contribution is -0.112. The zero-order valence-electron chi connectivity index (χ0n) is 14.9. The van der Waals surface area contributed by atoms with E-state index in [0.29, 0.717) is 22.6 Å². The molecule has 0 atom stereocenters. The van der Waals surface area contributed by atoms with Crippen molar-refractivity contribution < 1.29 is 14.3 Å². The molecule has 7 nitrogen and oxygen atoms in total. The van der Waals surface area contributed by atoms with Gasteiger partial charge in [0, 0.05) is 22.7 Å². The summed E-state index contributed by atoms with van der Waals surface area (Å²) in [6.45, 7) is 2.52. The van der Waals surface area contributed by atoms with Crippen LogP contribution in [-0.2, 0) is 4.79 Å². The van der Waals surface area contributed by atoms with Crippen molar-refractivity contribution in [1.29, 1.82) is 0 Å². The minimum absolute atomic E-state index is 0.266. The van der Waals surface area contributed by atoms with E-state index in [2.05, 4.69) is 20.5 Å². The number of H-pyrrole nitrogens is 1. The van der Waals surface area contributed by atoms with Gasteiger partial charge < -0.3 is 9.72 Å². The molecule has 0 saturated carbocycles. The number of para-hydroxylation sites is 1. The van der Waals surface area contributed by atoms with Gasteiger partial charge in [-0.2, -0.15) is 0 Å². The van der Waals surface area contributed by atoms with Gasteiger partial charge >= 0.3 is 0 Å². The van der Waals surface area contributed by atoms with Gasteiger partial charge in [0.05, 0.1) is 12.2 Å². The van der Waals surface area contributed by atoms with Crippen LogP contribution in [0.15, 0.2) is 54.7 Å². The summed E-state index contributed by atoms with van der Waals surface area (Å²) < 4.78 is 5.42. The summed E-state index contributed by atoms with van der Waals surface area (Å²) in [6, 6.07) is 14.7. The summed E-state index contributed by atoms with van der Waals surface area (Å²) in [6.07, 6.45) is 1.54. The van der Waals surface area contributed by atoms with Gasteiger partial charge in [0.1, 0.15) is 10.8 Å². The van der Waals surface area contributed by atoms with Crippen molar-refractivity contribution >= 4 is 39.1 Å². The Bertz CT molecular complexity index is 1150. The molecule has 0 aliphatic heterocycles. The molecule has 8 heteroatoms. The normalized spacial score (nSPS) is 10.8. The number of carbonyl (C=O) groups is 2. The van der Waals surface area contributed by atoms with E-state index < -0.39 is 11.7 Å². The van der Waals surface area contributed by atoms with E-state index in [4.69, 9.17) is 4.74 Å². The lowest BCUT2D eigenvalue weighted by Crippen LogP contribution is -2.22. The number of anilines is 1. The van der Waals surface area contributed by atoms with Crippen LogP contribution >= 0.6 is 11.3 Å². The molecule has 2 aromatic carbocycles. The molecule has 2 heterocycles. The highest BCUT2D eigenvalue weighted by Crippen LogP contribution is 2.28. The average molecular weight is 392 g/mol. The molecule has 0 fully saturated rings. The minimum atomic E-state index is -0.751. The van der Waals surface area contributed by atoms with Crippen LogP contribution in [-0.4, -0.2) is 33.5 Å². The predicted octanol–water partition coefficient (Wildman–Crippen LogP) is 3.91. The highest BCUT2D eigenvalue weighted by Gasteiger charge is 2.21. The SMILES string of the molecule is CCOc1ccc(-c2nnc(NC(=O)C(=O)c3c[nH]c4ccccc34)s2)cc1. The highest BCUT2D eigenvalue weighted by molar-refractivity contribution is 7.18. The van der Waals surface area contributed by atoms with Gasteiger partial charge in [-0.15, -0.1) is 10.2 Å². The molecule has 4 rings (SSSR count). The number of ether oxygens (including phenoxy) is 1. The van der Waals surface area contributed by atoms with Gasteiger partial charge in [-0.1, -0.05) is 29.5 Å². The number of amides is 1. The van der Waals surface area contributed by atoms with E-state index in [1.54, 1.807) is 6.07 Å². The van der Waals surface area contributed by atoms with Crippen molar-refractivity contribution in [2.45, 2.75) is 6.92 Å². The second-order valence-corrected chi connectivity index (χ2v) is 6.88. The molecule has 0 spiro atoms. The number of fused-ring (bicyclic) bond motifs is 1. The van der Waals surface area contributed by atoms with Crippen LogP contribution < -0.4 is 10.1 Å². The van der Waals surface area contributed by atoms with Gasteiger partial charge in [0.2, 0.25) is 5.13 Å². The third-order valence-electron chi connectivity index (χ3n) is 4.10. The van der Waals surface area contributed by atoms with E-state index in [-0.39, 0.29) is 5.13 Å². The van der Waals surface area contributed by atoms with Crippen molar-refractivity contribution in [1.82, 2.24) is 15.2 Å². The Balaban J connectivity index is 1.48. The third-order valence-corrected chi connectivity index (χ3v) is 4.99. The zero-order chi connectivity index (χ0) is 19.5. The number of rotatable bonds is 6. The maximum Gasteiger partial charge on any atom is 0.298 e. The lowest BCUT2D eigenvalue weighted by Gasteiger charge is -2.02. The van der Waals surface area contributed by atoms with Crippen LogP contribution in [0.2, 0.25) is 0 Å². The quantitative estimate of drug-likeness (QED) is 0.383. The number of nitrogens with zero attached hydrogens (tertiary/aromatic N) is 2. The van der Waals surface area contributed by atoms with E-state index in [1.165, 1.54) is 17.5 Å². The molecule has 140 valence electrons. The summed E-state index contributed by atoms with van der Waals surface area (Å²) in [7, 11) is 0. The van der Waals surface area contributed by atoms with E-state index in [9.17, 15) is 9.59 Å². The van der Waals surface area contributed by atoms with Gasteiger partial charge in [-0.05, 0) is 37.3 Å². The van der Waals surface area contributed by atoms with Crippen molar-refractivity contribution in [2.75, 3.05) is 11.9 Å². The zero-order valence-corrected chi connectivity index (χ0v) is 15.7. The molecule has 4 aromatic rings. The molecule has 2 N–H and O–H groups in total. The average Bonchev–Trinajstić information content (AvgIpc) is 3.35. The van der Waals surface area contributed by atoms with E-state index >= 15 is 0 Å². The molecule has 28 heavy (non-hydrogen) atoms. The molecule has 1 amide bonds. The van der Waals surface area contributed by atoms with Crippen molar-refractivity contribution in [3.05, 3.63) is 60.3 Å². The molecular formula is C20H16N4O3S. The minimum Gasteiger partial charge on any atom is -0.494 e. The Morgan fingerprint density at radius 1 is 1.11 bits per heavy atom. The number of ketones is 1. The Kier molecular flexibility index (Phi) is 4.86. The molecule has 0 aliphatic carbocycles. The predicted molar refractivity (Wildman–Crippen MR) is 108 cm³/mol. The monoisotopic (exact) mass is 392 g/mol. The number of nitrogens with one attached hydrogen (secondary N) is 2. The second kappa shape index (κ2) is 7.61. The fraction of sp³-hybridized carbons (Fsp3) is 0.100. The fourth-order valence-corrected chi connectivity index (χ4v) is 3.53. The van der Waals surface area contributed by atoms with Crippen LogP contribution in [0.3, 0.4) is 0 Å². The molecule has 2 aromatic heterocycles. The molecule has 0 aliphatic rings. The fourth-order valence-electron chi connectivity index (χ4n) is 2.79. The number of benzene rings is 2. The van der Waals surface area contributed by atoms with E-state index in [1.807, 2.05) is 49.4 Å². The number of Topliss-reactive ketones (excluding diaryl/α,β-unsaturated/α-hetero) is 1. The molecular weight excluding hydrogens is 376 g/mol. The first-order valence-corrected chi connectivity index (χ1v) is 9.46. The number of carbonyl (C=O) groups excluding carboxylic acids is 2. The first-order chi connectivity index (χ1) is 13.7. The van der Waals surface area contributed by atoms with Crippen LogP contribution in [0.25, 0.3) is 21.5 Å². The van der Waals surface area contributed by atoms with Crippen molar-refractivity contribution in [3.8, 4) is 16.3 Å². The maximum absolute atomic E-state index is 12.5. The van der Waals surface area contributed by atoms with Crippen LogP contribution in [0, 0.1) is 0 Å². The molecule has 0 bridgehead atoms. The van der Waals surface area contributed by atoms with E-state index in [0.717, 1.165) is 16.8 Å². The summed E-state index contributed by atoms with van der Waals surface area (Å²) in [5, 5.41) is 12.2. The van der Waals surface area contributed by atoms with Crippen LogP contribution in [0.5, 0.6) is 5.75 Å². The smallest absolute Gasteiger partial charge is 0.298 e. The number of hydrogen-bond acceptors (Lipinski definition) is 6. The van der Waals surface area contributed by atoms with Crippen LogP contribution in [0.1, 0.15) is 17.3 Å². The molecule has 0 unspecified atom stereocenters. The third kappa shape index (κ3) is 3.49. The maximum atomic E-state index is 12.5. The Labute approximate surface area is 164 Å². The van der Waals surface area contributed by atoms with Gasteiger partial charge in [0.25, 0.3) is 11.7 Å². The first kappa shape index (κ1) is 17.9. The number of hydrogen-bond donors (Lipinski definition) is 2. The number of aromatic nitrogens is 3. The highest BCUT2D eigenvalue weighted by atomic mass is 32.1. The van der Waals surface area contributed by atoms with Gasteiger partial charge in [-0.3, -0.25) is 14.9 Å². The first-order valence-electron chi connectivity index (χ1n) is 8.64. The lowest BCUT2D eigenvalue weighted by atomic mass is 10.1. The standard InChI is InChI=1S/C20H16N4O3S/c1-2-27-13-9-7-12(8-10-13)19-23-24-20(28-19)22-18(26)17(25)15-11-21-16-6-4-3-5-14(15)16/h3-11,21H,2H2,1H3,(H,22,24,26). The molecule has 0 radical (unpaired) electrons. The Morgan fingerprint density at radius 3 is 2.68 bits per heavy atom. The largest absolute Gasteiger partial charge is 0.494 e. The Hall–Kier alpha value is -3.52. The Morgan fingerprint density at radius 2 is 1.89 bits per heavy atom. The van der Waals surface area contributed by atoms with Crippen LogP contribution in [0.4, 0.5) is 5.13 Å². The molecule has 0 saturated heterocycles. The summed E-state index contributed by atoms with van der Waals surface area (Å²) in [5.74, 6) is -0.608. The number of aromatic amines is 1. The van der Waals surface area contributed by atoms with Crippen molar-refractivity contribution in [2.24, 2.45) is 0 Å². The summed E-state index contributed by atoms with van der Waals surface area (Å²) in [4.78, 5) is 27.9. The van der Waals surface area contributed by atoms with Gasteiger partial charge in [-0.25, -0.2) is 0 Å².